The number of nitrogens with one attached hydrogen (secondary N) is 1. The van der Waals surface area contributed by atoms with Gasteiger partial charge in [-0.2, -0.15) is 5.10 Å². The van der Waals surface area contributed by atoms with E-state index < -0.39 is 0 Å². The van der Waals surface area contributed by atoms with Crippen molar-refractivity contribution in [1.82, 2.24) is 10.4 Å². The Kier molecular flexibility index (Phi) is 5.51. The number of anilines is 1. The maximum Gasteiger partial charge on any atom is 0.0925 e. The second kappa shape index (κ2) is 7.79. The standard InChI is InChI=1S/C19H28N4O/c1-14(2)19-17(12-22-20-3)21-9-6-18(19)23-10-7-16(8-11-23)24-13-15-4-5-15/h6,9,12,15-16,20H,1,4-5,7-8,10-11,13H2,2-3H3/b22-12-. The number of ether oxygens (including phenoxy) is 1. The minimum Gasteiger partial charge on any atom is -0.378 e. The normalized spacial score (nSPS) is 19.0. The number of hydrazone groups is 1. The molecule has 0 amide bonds. The Morgan fingerprint density at radius 2 is 2.17 bits per heavy atom. The summed E-state index contributed by atoms with van der Waals surface area (Å²) in [6.07, 6.45) is 8.92. The van der Waals surface area contributed by atoms with E-state index in [0.717, 1.165) is 55.3 Å². The lowest BCUT2D eigenvalue weighted by Gasteiger charge is -2.35. The maximum atomic E-state index is 6.06. The quantitative estimate of drug-likeness (QED) is 0.617. The Morgan fingerprint density at radius 1 is 1.42 bits per heavy atom. The summed E-state index contributed by atoms with van der Waals surface area (Å²) in [7, 11) is 1.78. The molecule has 24 heavy (non-hydrogen) atoms. The van der Waals surface area contributed by atoms with E-state index in [1.807, 2.05) is 13.1 Å². The molecule has 0 atom stereocenters. The van der Waals surface area contributed by atoms with Crippen molar-refractivity contribution in [2.24, 2.45) is 11.0 Å². The zero-order chi connectivity index (χ0) is 16.9. The van der Waals surface area contributed by atoms with Gasteiger partial charge in [-0.1, -0.05) is 6.58 Å². The Balaban J connectivity index is 1.69. The number of nitrogens with zero attached hydrogens (tertiary/aromatic N) is 3. The van der Waals surface area contributed by atoms with Crippen LogP contribution in [-0.4, -0.2) is 44.0 Å². The van der Waals surface area contributed by atoms with Gasteiger partial charge in [0.15, 0.2) is 0 Å². The van der Waals surface area contributed by atoms with Gasteiger partial charge >= 0.3 is 0 Å². The largest absolute Gasteiger partial charge is 0.378 e. The van der Waals surface area contributed by atoms with Gasteiger partial charge in [-0.25, -0.2) is 0 Å². The molecule has 3 rings (SSSR count). The van der Waals surface area contributed by atoms with Gasteiger partial charge < -0.3 is 15.1 Å². The van der Waals surface area contributed by atoms with Gasteiger partial charge in [0.05, 0.1) is 18.0 Å². The van der Waals surface area contributed by atoms with Crippen molar-refractivity contribution < 1.29 is 4.74 Å². The van der Waals surface area contributed by atoms with Crippen LogP contribution in [0.2, 0.25) is 0 Å². The number of hydrogen-bond acceptors (Lipinski definition) is 5. The second-order valence-electron chi connectivity index (χ2n) is 6.82. The first-order chi connectivity index (χ1) is 11.7. The SMILES string of the molecule is C=C(C)c1c(N2CCC(OCC3CC3)CC2)ccnc1/C=N\NC. The van der Waals surface area contributed by atoms with E-state index in [1.54, 1.807) is 13.3 Å². The second-order valence-corrected chi connectivity index (χ2v) is 6.82. The van der Waals surface area contributed by atoms with E-state index in [1.165, 1.54) is 18.5 Å². The molecule has 0 unspecified atom stereocenters. The highest BCUT2D eigenvalue weighted by molar-refractivity contribution is 5.90. The molecule has 1 saturated carbocycles. The van der Waals surface area contributed by atoms with Crippen molar-refractivity contribution in [3.05, 3.63) is 30.1 Å². The van der Waals surface area contributed by atoms with Gasteiger partial charge in [0.25, 0.3) is 0 Å². The van der Waals surface area contributed by atoms with Crippen LogP contribution in [0, 0.1) is 5.92 Å². The predicted molar refractivity (Wildman–Crippen MR) is 99.5 cm³/mol. The first-order valence-electron chi connectivity index (χ1n) is 8.90. The van der Waals surface area contributed by atoms with Gasteiger partial charge in [-0.3, -0.25) is 4.98 Å². The van der Waals surface area contributed by atoms with Crippen molar-refractivity contribution in [1.29, 1.82) is 0 Å². The lowest BCUT2D eigenvalue weighted by Crippen LogP contribution is -2.38. The number of rotatable bonds is 7. The van der Waals surface area contributed by atoms with Crippen LogP contribution < -0.4 is 10.3 Å². The molecule has 0 spiro atoms. The van der Waals surface area contributed by atoms with Crippen molar-refractivity contribution in [3.8, 4) is 0 Å². The smallest absolute Gasteiger partial charge is 0.0925 e. The molecule has 1 N–H and O–H groups in total. The maximum absolute atomic E-state index is 6.06. The van der Waals surface area contributed by atoms with Crippen molar-refractivity contribution >= 4 is 17.5 Å². The third kappa shape index (κ3) is 4.15. The molecule has 1 aromatic rings. The molecule has 1 aromatic heterocycles. The van der Waals surface area contributed by atoms with Crippen LogP contribution in [-0.2, 0) is 4.74 Å². The van der Waals surface area contributed by atoms with E-state index in [4.69, 9.17) is 4.74 Å². The van der Waals surface area contributed by atoms with Gasteiger partial charge in [-0.15, -0.1) is 0 Å². The first-order valence-corrected chi connectivity index (χ1v) is 8.90. The highest BCUT2D eigenvalue weighted by Gasteiger charge is 2.26. The fourth-order valence-electron chi connectivity index (χ4n) is 3.21. The molecule has 2 aliphatic rings. The fourth-order valence-corrected chi connectivity index (χ4v) is 3.21. The van der Waals surface area contributed by atoms with Crippen LogP contribution in [0.3, 0.4) is 0 Å². The molecule has 0 bridgehead atoms. The number of piperidine rings is 1. The monoisotopic (exact) mass is 328 g/mol. The van der Waals surface area contributed by atoms with Gasteiger partial charge in [0.1, 0.15) is 0 Å². The van der Waals surface area contributed by atoms with Crippen molar-refractivity contribution in [2.45, 2.75) is 38.7 Å². The molecule has 2 heterocycles. The lowest BCUT2D eigenvalue weighted by atomic mass is 10.0. The Morgan fingerprint density at radius 3 is 2.79 bits per heavy atom. The molecule has 1 aliphatic heterocycles. The summed E-state index contributed by atoms with van der Waals surface area (Å²) in [5.41, 5.74) is 6.96. The molecule has 5 heteroatoms. The summed E-state index contributed by atoms with van der Waals surface area (Å²) >= 11 is 0. The summed E-state index contributed by atoms with van der Waals surface area (Å²) in [6, 6.07) is 2.09. The average Bonchev–Trinajstić information content (AvgIpc) is 3.42. The van der Waals surface area contributed by atoms with Crippen LogP contribution in [0.25, 0.3) is 5.57 Å². The molecule has 0 aromatic carbocycles. The molecule has 1 aliphatic carbocycles. The summed E-state index contributed by atoms with van der Waals surface area (Å²) < 4.78 is 6.06. The highest BCUT2D eigenvalue weighted by atomic mass is 16.5. The number of aromatic nitrogens is 1. The molecule has 2 fully saturated rings. The molecular weight excluding hydrogens is 300 g/mol. The summed E-state index contributed by atoms with van der Waals surface area (Å²) in [6.45, 7) is 9.17. The lowest BCUT2D eigenvalue weighted by molar-refractivity contribution is 0.0305. The third-order valence-corrected chi connectivity index (χ3v) is 4.75. The Hall–Kier alpha value is -1.88. The first kappa shape index (κ1) is 17.0. The van der Waals surface area contributed by atoms with Crippen LogP contribution in [0.5, 0.6) is 0 Å². The molecular formula is C19H28N4O. The topological polar surface area (TPSA) is 49.8 Å². The van der Waals surface area contributed by atoms with Crippen LogP contribution in [0.1, 0.15) is 43.9 Å². The van der Waals surface area contributed by atoms with Gasteiger partial charge in [0.2, 0.25) is 0 Å². The summed E-state index contributed by atoms with van der Waals surface area (Å²) in [4.78, 5) is 6.89. The van der Waals surface area contributed by atoms with Crippen LogP contribution in [0.15, 0.2) is 23.9 Å². The summed E-state index contributed by atoms with van der Waals surface area (Å²) in [5, 5.41) is 4.11. The van der Waals surface area contributed by atoms with E-state index >= 15 is 0 Å². The van der Waals surface area contributed by atoms with Crippen molar-refractivity contribution in [3.63, 3.8) is 0 Å². The van der Waals surface area contributed by atoms with E-state index in [-0.39, 0.29) is 0 Å². The highest BCUT2D eigenvalue weighted by Crippen LogP contribution is 2.32. The number of hydrogen-bond donors (Lipinski definition) is 1. The predicted octanol–water partition coefficient (Wildman–Crippen LogP) is 3.06. The fraction of sp³-hybridized carbons (Fsp3) is 0.579. The zero-order valence-corrected chi connectivity index (χ0v) is 14.8. The third-order valence-electron chi connectivity index (χ3n) is 4.75. The molecule has 130 valence electrons. The van der Waals surface area contributed by atoms with Crippen molar-refractivity contribution in [2.75, 3.05) is 31.6 Å². The van der Waals surface area contributed by atoms with Crippen LogP contribution >= 0.6 is 0 Å². The minimum atomic E-state index is 0.419. The van der Waals surface area contributed by atoms with Gasteiger partial charge in [0, 0.05) is 44.2 Å². The Labute approximate surface area is 144 Å². The minimum absolute atomic E-state index is 0.419. The number of pyridine rings is 1. The molecule has 0 radical (unpaired) electrons. The molecule has 5 nitrogen and oxygen atoms in total. The van der Waals surface area contributed by atoms with Crippen LogP contribution in [0.4, 0.5) is 5.69 Å². The zero-order valence-electron chi connectivity index (χ0n) is 14.8. The Bertz CT molecular complexity index is 601. The molecule has 1 saturated heterocycles. The van der Waals surface area contributed by atoms with E-state index in [0.29, 0.717) is 6.10 Å². The van der Waals surface area contributed by atoms with Gasteiger partial charge in [-0.05, 0) is 50.2 Å². The average molecular weight is 328 g/mol. The summed E-state index contributed by atoms with van der Waals surface area (Å²) in [5.74, 6) is 0.840. The number of allylic oxidation sites excluding steroid dienone is 1. The van der Waals surface area contributed by atoms with E-state index in [9.17, 15) is 0 Å². The van der Waals surface area contributed by atoms with E-state index in [2.05, 4.69) is 33.1 Å².